The number of halogens is 2. The molecule has 7 nitrogen and oxygen atoms in total. The molecule has 9 heteroatoms. The van der Waals surface area contributed by atoms with Crippen molar-refractivity contribution in [2.75, 3.05) is 19.5 Å². The minimum Gasteiger partial charge on any atom is -0.497 e. The summed E-state index contributed by atoms with van der Waals surface area (Å²) in [7, 11) is 3.01. The lowest BCUT2D eigenvalue weighted by Crippen LogP contribution is -2.21. The first-order valence-electron chi connectivity index (χ1n) is 9.33. The molecule has 3 aromatic carbocycles. The summed E-state index contributed by atoms with van der Waals surface area (Å²) in [6, 6.07) is 16.4. The molecule has 164 valence electrons. The first kappa shape index (κ1) is 23.1. The topological polar surface area (TPSA) is 89.0 Å². The van der Waals surface area contributed by atoms with Crippen molar-refractivity contribution in [1.29, 1.82) is 0 Å². The molecule has 32 heavy (non-hydrogen) atoms. The summed E-state index contributed by atoms with van der Waals surface area (Å²) in [5.74, 6) is 0.131. The molecule has 0 spiro atoms. The number of carbonyl (C=O) groups is 2. The van der Waals surface area contributed by atoms with Gasteiger partial charge in [-0.1, -0.05) is 35.3 Å². The second-order valence-electron chi connectivity index (χ2n) is 6.44. The minimum absolute atomic E-state index is 0.239. The molecule has 0 unspecified atom stereocenters. The number of carbonyl (C=O) groups excluding carboxylic acids is 2. The highest BCUT2D eigenvalue weighted by Crippen LogP contribution is 2.31. The number of hydrazone groups is 1. The normalized spacial score (nSPS) is 10.6. The molecule has 3 rings (SSSR count). The summed E-state index contributed by atoms with van der Waals surface area (Å²) < 4.78 is 10.3. The van der Waals surface area contributed by atoms with Gasteiger partial charge in [0, 0.05) is 16.1 Å². The number of methoxy groups -OCH3 is 2. The van der Waals surface area contributed by atoms with Crippen molar-refractivity contribution >= 4 is 46.9 Å². The Kier molecular flexibility index (Phi) is 7.70. The molecule has 0 aliphatic carbocycles. The lowest BCUT2D eigenvalue weighted by molar-refractivity contribution is 0.0956. The van der Waals surface area contributed by atoms with Crippen molar-refractivity contribution < 1.29 is 19.1 Å². The number of amides is 2. The predicted octanol–water partition coefficient (Wildman–Crippen LogP) is 5.03. The Hall–Kier alpha value is -3.55. The van der Waals surface area contributed by atoms with Gasteiger partial charge in [0.05, 0.1) is 36.7 Å². The SMILES string of the molecule is COc1ccc(C(=O)Nc2ccccc2C(=O)NN=Cc2cc(Cl)cc(Cl)c2OC)cc1. The zero-order chi connectivity index (χ0) is 23.1. The predicted molar refractivity (Wildman–Crippen MR) is 125 cm³/mol. The number of benzene rings is 3. The van der Waals surface area contributed by atoms with Crippen molar-refractivity contribution in [3.05, 3.63) is 87.4 Å². The molecule has 0 radical (unpaired) electrons. The van der Waals surface area contributed by atoms with E-state index in [9.17, 15) is 9.59 Å². The summed E-state index contributed by atoms with van der Waals surface area (Å²) in [6.07, 6.45) is 1.37. The standard InChI is InChI=1S/C23H19Cl2N3O4/c1-31-17-9-7-14(8-10-17)22(29)27-20-6-4-3-5-18(20)23(30)28-26-13-15-11-16(24)12-19(25)21(15)32-2/h3-13H,1-2H3,(H,27,29)(H,28,30). The number of ether oxygens (including phenoxy) is 2. The zero-order valence-corrected chi connectivity index (χ0v) is 18.7. The summed E-state index contributed by atoms with van der Waals surface area (Å²) in [4.78, 5) is 25.2. The average molecular weight is 472 g/mol. The third kappa shape index (κ3) is 5.57. The molecule has 3 aromatic rings. The van der Waals surface area contributed by atoms with E-state index in [1.165, 1.54) is 13.3 Å². The van der Waals surface area contributed by atoms with Crippen molar-refractivity contribution in [3.8, 4) is 11.5 Å². The number of rotatable bonds is 7. The van der Waals surface area contributed by atoms with Gasteiger partial charge >= 0.3 is 0 Å². The fourth-order valence-corrected chi connectivity index (χ4v) is 3.43. The van der Waals surface area contributed by atoms with Gasteiger partial charge in [-0.25, -0.2) is 5.43 Å². The van der Waals surface area contributed by atoms with E-state index in [0.29, 0.717) is 38.4 Å². The van der Waals surface area contributed by atoms with Crippen LogP contribution in [0.5, 0.6) is 11.5 Å². The molecule has 0 saturated carbocycles. The molecule has 0 aliphatic heterocycles. The molecule has 2 amide bonds. The molecule has 0 heterocycles. The van der Waals surface area contributed by atoms with Gasteiger partial charge < -0.3 is 14.8 Å². The maximum Gasteiger partial charge on any atom is 0.273 e. The minimum atomic E-state index is -0.515. The first-order valence-corrected chi connectivity index (χ1v) is 10.1. The van der Waals surface area contributed by atoms with Gasteiger partial charge in [0.15, 0.2) is 0 Å². The number of hydrogen-bond donors (Lipinski definition) is 2. The third-order valence-electron chi connectivity index (χ3n) is 4.38. The smallest absolute Gasteiger partial charge is 0.273 e. The van der Waals surface area contributed by atoms with Crippen LogP contribution in [0.1, 0.15) is 26.3 Å². The first-order chi connectivity index (χ1) is 15.4. The average Bonchev–Trinajstić information content (AvgIpc) is 2.79. The molecular formula is C23H19Cl2N3O4. The highest BCUT2D eigenvalue weighted by molar-refractivity contribution is 6.36. The van der Waals surface area contributed by atoms with E-state index in [2.05, 4.69) is 15.8 Å². The molecular weight excluding hydrogens is 453 g/mol. The fourth-order valence-electron chi connectivity index (χ4n) is 2.84. The summed E-state index contributed by atoms with van der Waals surface area (Å²) >= 11 is 12.1. The Morgan fingerprint density at radius 1 is 0.938 bits per heavy atom. The third-order valence-corrected chi connectivity index (χ3v) is 4.88. The number of nitrogens with zero attached hydrogens (tertiary/aromatic N) is 1. The van der Waals surface area contributed by atoms with Gasteiger partial charge in [0.25, 0.3) is 11.8 Å². The van der Waals surface area contributed by atoms with Crippen molar-refractivity contribution in [2.24, 2.45) is 5.10 Å². The molecule has 0 atom stereocenters. The van der Waals surface area contributed by atoms with Gasteiger partial charge in [-0.3, -0.25) is 9.59 Å². The van der Waals surface area contributed by atoms with Gasteiger partial charge in [0.1, 0.15) is 11.5 Å². The van der Waals surface area contributed by atoms with Crippen LogP contribution in [0.15, 0.2) is 65.8 Å². The maximum absolute atomic E-state index is 12.7. The van der Waals surface area contributed by atoms with Crippen LogP contribution in [0, 0.1) is 0 Å². The largest absolute Gasteiger partial charge is 0.497 e. The number of nitrogens with one attached hydrogen (secondary N) is 2. The van der Waals surface area contributed by atoms with Crippen molar-refractivity contribution in [2.45, 2.75) is 0 Å². The van der Waals surface area contributed by atoms with E-state index in [-0.39, 0.29) is 11.5 Å². The van der Waals surface area contributed by atoms with Crippen LogP contribution in [0.2, 0.25) is 10.0 Å². The van der Waals surface area contributed by atoms with Crippen LogP contribution in [0.3, 0.4) is 0 Å². The summed E-state index contributed by atoms with van der Waals surface area (Å²) in [5, 5.41) is 7.41. The van der Waals surface area contributed by atoms with E-state index in [1.807, 2.05) is 0 Å². The van der Waals surface area contributed by atoms with Crippen LogP contribution in [0.4, 0.5) is 5.69 Å². The van der Waals surface area contributed by atoms with Gasteiger partial charge in [-0.2, -0.15) is 5.10 Å². The van der Waals surface area contributed by atoms with E-state index in [0.717, 1.165) is 0 Å². The lowest BCUT2D eigenvalue weighted by atomic mass is 10.1. The Morgan fingerprint density at radius 3 is 2.34 bits per heavy atom. The van der Waals surface area contributed by atoms with Gasteiger partial charge in [-0.15, -0.1) is 0 Å². The molecule has 2 N–H and O–H groups in total. The van der Waals surface area contributed by atoms with Crippen LogP contribution in [0.25, 0.3) is 0 Å². The second-order valence-corrected chi connectivity index (χ2v) is 7.28. The number of hydrogen-bond acceptors (Lipinski definition) is 5. The molecule has 0 aliphatic rings. The van der Waals surface area contributed by atoms with Gasteiger partial charge in [-0.05, 0) is 48.5 Å². The van der Waals surface area contributed by atoms with E-state index >= 15 is 0 Å². The van der Waals surface area contributed by atoms with Crippen molar-refractivity contribution in [1.82, 2.24) is 5.43 Å². The maximum atomic E-state index is 12.7. The Balaban J connectivity index is 1.74. The Bertz CT molecular complexity index is 1160. The quantitative estimate of drug-likeness (QED) is 0.373. The number of para-hydroxylation sites is 1. The van der Waals surface area contributed by atoms with Gasteiger partial charge in [0.2, 0.25) is 0 Å². The van der Waals surface area contributed by atoms with Crippen LogP contribution in [-0.4, -0.2) is 32.2 Å². The fraction of sp³-hybridized carbons (Fsp3) is 0.0870. The highest BCUT2D eigenvalue weighted by atomic mass is 35.5. The zero-order valence-electron chi connectivity index (χ0n) is 17.2. The second kappa shape index (κ2) is 10.7. The molecule has 0 aromatic heterocycles. The Morgan fingerprint density at radius 2 is 1.66 bits per heavy atom. The summed E-state index contributed by atoms with van der Waals surface area (Å²) in [6.45, 7) is 0. The Labute approximate surface area is 194 Å². The van der Waals surface area contributed by atoms with E-state index < -0.39 is 5.91 Å². The lowest BCUT2D eigenvalue weighted by Gasteiger charge is -2.10. The molecule has 0 fully saturated rings. The van der Waals surface area contributed by atoms with Crippen LogP contribution in [-0.2, 0) is 0 Å². The molecule has 0 saturated heterocycles. The van der Waals surface area contributed by atoms with E-state index in [4.69, 9.17) is 32.7 Å². The van der Waals surface area contributed by atoms with Crippen LogP contribution >= 0.6 is 23.2 Å². The van der Waals surface area contributed by atoms with Crippen molar-refractivity contribution in [3.63, 3.8) is 0 Å². The highest BCUT2D eigenvalue weighted by Gasteiger charge is 2.14. The number of anilines is 1. The monoisotopic (exact) mass is 471 g/mol. The van der Waals surface area contributed by atoms with E-state index in [1.54, 1.807) is 67.8 Å². The molecule has 0 bridgehead atoms. The summed E-state index contributed by atoms with van der Waals surface area (Å²) in [5.41, 5.74) is 3.92. The van der Waals surface area contributed by atoms with Crippen LogP contribution < -0.4 is 20.2 Å².